The van der Waals surface area contributed by atoms with E-state index in [9.17, 15) is 14.4 Å². The molecule has 0 aromatic heterocycles. The van der Waals surface area contributed by atoms with Gasteiger partial charge in [0.25, 0.3) is 5.91 Å². The number of amides is 3. The van der Waals surface area contributed by atoms with Gasteiger partial charge in [0.05, 0.1) is 0 Å². The van der Waals surface area contributed by atoms with Crippen LogP contribution in [0, 0.1) is 6.92 Å². The number of nitrogens with one attached hydrogen (secondary N) is 2. The lowest BCUT2D eigenvalue weighted by Gasteiger charge is -2.22. The molecule has 0 unspecified atom stereocenters. The van der Waals surface area contributed by atoms with E-state index >= 15 is 0 Å². The normalized spacial score (nSPS) is 14.4. The van der Waals surface area contributed by atoms with Gasteiger partial charge >= 0.3 is 12.0 Å². The maximum atomic E-state index is 11.8. The first kappa shape index (κ1) is 21.7. The van der Waals surface area contributed by atoms with E-state index in [1.807, 2.05) is 25.1 Å². The van der Waals surface area contributed by atoms with Gasteiger partial charge in [0.2, 0.25) is 0 Å². The van der Waals surface area contributed by atoms with Crippen molar-refractivity contribution in [1.29, 1.82) is 0 Å². The Bertz CT molecular complexity index is 696. The molecule has 1 aliphatic carbocycles. The summed E-state index contributed by atoms with van der Waals surface area (Å²) in [7, 11) is 0. The molecule has 3 amide bonds. The third kappa shape index (κ3) is 7.21. The van der Waals surface area contributed by atoms with E-state index < -0.39 is 24.5 Å². The average Bonchev–Trinajstić information content (AvgIpc) is 2.66. The number of rotatable bonds is 7. The Labute approximate surface area is 166 Å². The van der Waals surface area contributed by atoms with Gasteiger partial charge in [-0.25, -0.2) is 9.59 Å². The number of ether oxygens (including phenoxy) is 2. The van der Waals surface area contributed by atoms with Crippen LogP contribution in [0.4, 0.5) is 4.79 Å². The predicted octanol–water partition coefficient (Wildman–Crippen LogP) is 3.20. The zero-order chi connectivity index (χ0) is 20.5. The molecule has 0 heterocycles. The fourth-order valence-electron chi connectivity index (χ4n) is 3.09. The molecule has 1 aromatic rings. The predicted molar refractivity (Wildman–Crippen MR) is 105 cm³/mol. The van der Waals surface area contributed by atoms with E-state index in [2.05, 4.69) is 24.5 Å². The van der Waals surface area contributed by atoms with Crippen LogP contribution in [0.15, 0.2) is 18.2 Å². The van der Waals surface area contributed by atoms with E-state index in [0.717, 1.165) is 36.8 Å². The Morgan fingerprint density at radius 2 is 1.82 bits per heavy atom. The molecule has 0 atom stereocenters. The Balaban J connectivity index is 1.69. The topological polar surface area (TPSA) is 93.7 Å². The van der Waals surface area contributed by atoms with Crippen LogP contribution in [0.2, 0.25) is 0 Å². The van der Waals surface area contributed by atoms with Crippen molar-refractivity contribution < 1.29 is 23.9 Å². The Morgan fingerprint density at radius 1 is 1.11 bits per heavy atom. The van der Waals surface area contributed by atoms with Gasteiger partial charge in [0, 0.05) is 6.04 Å². The minimum Gasteiger partial charge on any atom is -0.482 e. The molecule has 0 bridgehead atoms. The molecular weight excluding hydrogens is 360 g/mol. The lowest BCUT2D eigenvalue weighted by Crippen LogP contribution is -2.46. The third-order valence-corrected chi connectivity index (χ3v) is 4.78. The van der Waals surface area contributed by atoms with Crippen LogP contribution in [0.5, 0.6) is 5.75 Å². The van der Waals surface area contributed by atoms with Gasteiger partial charge in [-0.1, -0.05) is 45.2 Å². The molecule has 1 aliphatic rings. The molecule has 0 radical (unpaired) electrons. The van der Waals surface area contributed by atoms with E-state index in [4.69, 9.17) is 9.47 Å². The van der Waals surface area contributed by atoms with Crippen LogP contribution in [0.1, 0.15) is 63.0 Å². The molecule has 2 N–H and O–H groups in total. The molecule has 7 heteroatoms. The molecule has 28 heavy (non-hydrogen) atoms. The van der Waals surface area contributed by atoms with E-state index in [1.165, 1.54) is 6.42 Å². The number of imide groups is 1. The quantitative estimate of drug-likeness (QED) is 0.698. The van der Waals surface area contributed by atoms with E-state index in [0.29, 0.717) is 11.7 Å². The first-order valence-electron chi connectivity index (χ1n) is 9.84. The Hall–Kier alpha value is -2.57. The fourth-order valence-corrected chi connectivity index (χ4v) is 3.09. The van der Waals surface area contributed by atoms with Crippen LogP contribution in [0.25, 0.3) is 0 Å². The highest BCUT2D eigenvalue weighted by atomic mass is 16.6. The van der Waals surface area contributed by atoms with Gasteiger partial charge in [0.15, 0.2) is 13.2 Å². The smallest absolute Gasteiger partial charge is 0.344 e. The zero-order valence-electron chi connectivity index (χ0n) is 16.9. The van der Waals surface area contributed by atoms with Gasteiger partial charge in [0.1, 0.15) is 5.75 Å². The largest absolute Gasteiger partial charge is 0.482 e. The van der Waals surface area contributed by atoms with Crippen molar-refractivity contribution in [3.05, 3.63) is 29.3 Å². The van der Waals surface area contributed by atoms with Crippen molar-refractivity contribution in [3.8, 4) is 5.75 Å². The van der Waals surface area contributed by atoms with Crippen molar-refractivity contribution in [2.75, 3.05) is 13.2 Å². The molecule has 154 valence electrons. The summed E-state index contributed by atoms with van der Waals surface area (Å²) in [4.78, 5) is 35.4. The Morgan fingerprint density at radius 3 is 2.50 bits per heavy atom. The highest BCUT2D eigenvalue weighted by Crippen LogP contribution is 2.24. The van der Waals surface area contributed by atoms with Crippen molar-refractivity contribution >= 4 is 17.9 Å². The maximum Gasteiger partial charge on any atom is 0.344 e. The zero-order valence-corrected chi connectivity index (χ0v) is 16.9. The number of benzene rings is 1. The van der Waals surface area contributed by atoms with E-state index in [-0.39, 0.29) is 12.6 Å². The summed E-state index contributed by atoms with van der Waals surface area (Å²) in [5.41, 5.74) is 2.02. The monoisotopic (exact) mass is 390 g/mol. The number of urea groups is 1. The number of aryl methyl sites for hydroxylation is 1. The summed E-state index contributed by atoms with van der Waals surface area (Å²) in [6.07, 6.45) is 5.18. The second-order valence-corrected chi connectivity index (χ2v) is 7.49. The minimum absolute atomic E-state index is 0.0994. The summed E-state index contributed by atoms with van der Waals surface area (Å²) < 4.78 is 10.4. The summed E-state index contributed by atoms with van der Waals surface area (Å²) in [5.74, 6) is -0.380. The van der Waals surface area contributed by atoms with Crippen LogP contribution >= 0.6 is 0 Å². The molecule has 2 rings (SSSR count). The molecule has 1 saturated carbocycles. The average molecular weight is 390 g/mol. The van der Waals surface area contributed by atoms with Gasteiger partial charge in [-0.15, -0.1) is 0 Å². The highest BCUT2D eigenvalue weighted by Gasteiger charge is 2.17. The maximum absolute atomic E-state index is 11.8. The number of esters is 1. The fraction of sp³-hybridized carbons (Fsp3) is 0.571. The van der Waals surface area contributed by atoms with Gasteiger partial charge < -0.3 is 14.8 Å². The minimum atomic E-state index is -0.669. The van der Waals surface area contributed by atoms with Crippen LogP contribution < -0.4 is 15.4 Å². The van der Waals surface area contributed by atoms with E-state index in [1.54, 1.807) is 0 Å². The number of carbonyl (C=O) groups excluding carboxylic acids is 3. The van der Waals surface area contributed by atoms with Gasteiger partial charge in [-0.2, -0.15) is 0 Å². The van der Waals surface area contributed by atoms with Crippen molar-refractivity contribution in [1.82, 2.24) is 10.6 Å². The highest BCUT2D eigenvalue weighted by molar-refractivity contribution is 5.95. The molecule has 1 fully saturated rings. The first-order chi connectivity index (χ1) is 13.3. The number of hydrogen-bond donors (Lipinski definition) is 2. The lowest BCUT2D eigenvalue weighted by atomic mass is 9.96. The molecule has 1 aromatic carbocycles. The summed E-state index contributed by atoms with van der Waals surface area (Å²) >= 11 is 0. The van der Waals surface area contributed by atoms with Gasteiger partial charge in [-0.05, 0) is 42.9 Å². The van der Waals surface area contributed by atoms with Crippen LogP contribution in [-0.4, -0.2) is 37.2 Å². The molecule has 0 saturated heterocycles. The van der Waals surface area contributed by atoms with Crippen LogP contribution in [-0.2, 0) is 14.3 Å². The summed E-state index contributed by atoms with van der Waals surface area (Å²) in [6, 6.07) is 5.41. The van der Waals surface area contributed by atoms with Crippen LogP contribution in [0.3, 0.4) is 0 Å². The molecular formula is C21H30N2O5. The van der Waals surface area contributed by atoms with Crippen molar-refractivity contribution in [2.45, 2.75) is 64.8 Å². The van der Waals surface area contributed by atoms with Crippen molar-refractivity contribution in [2.24, 2.45) is 0 Å². The van der Waals surface area contributed by atoms with Crippen molar-refractivity contribution in [3.63, 3.8) is 0 Å². The third-order valence-electron chi connectivity index (χ3n) is 4.78. The summed E-state index contributed by atoms with van der Waals surface area (Å²) in [6.45, 7) is 5.22. The molecule has 0 aliphatic heterocycles. The second kappa shape index (κ2) is 10.7. The first-order valence-corrected chi connectivity index (χ1v) is 9.84. The second-order valence-electron chi connectivity index (χ2n) is 7.49. The SMILES string of the molecule is Cc1ccc(C(C)C)cc1OCC(=O)OCC(=O)NC(=O)NC1CCCCC1. The lowest BCUT2D eigenvalue weighted by molar-refractivity contribution is -0.150. The number of carbonyl (C=O) groups is 3. The Kier molecular flexibility index (Phi) is 8.29. The molecule has 0 spiro atoms. The summed E-state index contributed by atoms with van der Waals surface area (Å²) in [5, 5.41) is 4.95. The molecule has 7 nitrogen and oxygen atoms in total. The standard InChI is InChI=1S/C21H30N2O5/c1-14(2)16-10-9-15(3)18(11-16)27-13-20(25)28-12-19(24)23-21(26)22-17-7-5-4-6-8-17/h9-11,14,17H,4-8,12-13H2,1-3H3,(H2,22,23,24,26). The number of hydrogen-bond acceptors (Lipinski definition) is 5. The van der Waals surface area contributed by atoms with Gasteiger partial charge in [-0.3, -0.25) is 10.1 Å².